The van der Waals surface area contributed by atoms with Crippen molar-refractivity contribution in [2.75, 3.05) is 6.61 Å². The van der Waals surface area contributed by atoms with Gasteiger partial charge in [0.15, 0.2) is 6.61 Å². The molecule has 2 rings (SSSR count). The second-order valence-corrected chi connectivity index (χ2v) is 6.76. The number of hydrogen-bond acceptors (Lipinski definition) is 3. The van der Waals surface area contributed by atoms with Gasteiger partial charge < -0.3 is 10.1 Å². The largest absolute Gasteiger partial charge is 0.452 e. The van der Waals surface area contributed by atoms with Crippen LogP contribution in [0.1, 0.15) is 28.9 Å². The first-order valence-corrected chi connectivity index (χ1v) is 8.66. The van der Waals surface area contributed by atoms with Gasteiger partial charge >= 0.3 is 5.97 Å². The molecule has 8 heteroatoms. The Bertz CT molecular complexity index is 790. The minimum atomic E-state index is -0.770. The van der Waals surface area contributed by atoms with E-state index in [9.17, 15) is 9.59 Å². The van der Waals surface area contributed by atoms with Crippen LogP contribution in [-0.4, -0.2) is 18.5 Å². The first-order valence-electron chi connectivity index (χ1n) is 7.15. The minimum Gasteiger partial charge on any atom is -0.452 e. The molecule has 1 N–H and O–H groups in total. The molecule has 0 aliphatic rings. The van der Waals surface area contributed by atoms with Crippen molar-refractivity contribution in [2.24, 2.45) is 0 Å². The summed E-state index contributed by atoms with van der Waals surface area (Å²) in [6.07, 6.45) is 0. The zero-order valence-electron chi connectivity index (χ0n) is 13.0. The highest BCUT2D eigenvalue weighted by Gasteiger charge is 2.18. The molecule has 0 saturated heterocycles. The molecule has 4 nitrogen and oxygen atoms in total. The lowest BCUT2D eigenvalue weighted by molar-refractivity contribution is -0.124. The molecular formula is C17H13Cl4NO3. The molecule has 0 bridgehead atoms. The normalized spacial score (nSPS) is 11.7. The molecule has 25 heavy (non-hydrogen) atoms. The van der Waals surface area contributed by atoms with E-state index in [1.54, 1.807) is 31.2 Å². The molecule has 0 spiro atoms. The second kappa shape index (κ2) is 8.77. The predicted molar refractivity (Wildman–Crippen MR) is 99.8 cm³/mol. The summed E-state index contributed by atoms with van der Waals surface area (Å²) in [5.74, 6) is -1.25. The highest BCUT2D eigenvalue weighted by molar-refractivity contribution is 6.42. The maximum absolute atomic E-state index is 12.0. The third-order valence-corrected chi connectivity index (χ3v) is 4.69. The maximum atomic E-state index is 12.0. The molecule has 1 unspecified atom stereocenters. The van der Waals surface area contributed by atoms with Crippen LogP contribution in [0.3, 0.4) is 0 Å². The Morgan fingerprint density at radius 2 is 1.64 bits per heavy atom. The van der Waals surface area contributed by atoms with Crippen LogP contribution in [0.4, 0.5) is 0 Å². The molecule has 0 radical (unpaired) electrons. The molecule has 2 aromatic carbocycles. The lowest BCUT2D eigenvalue weighted by atomic mass is 10.1. The van der Waals surface area contributed by atoms with Crippen LogP contribution >= 0.6 is 46.4 Å². The van der Waals surface area contributed by atoms with Crippen LogP contribution in [0.15, 0.2) is 36.4 Å². The summed E-state index contributed by atoms with van der Waals surface area (Å²) < 4.78 is 4.96. The third kappa shape index (κ3) is 5.25. The van der Waals surface area contributed by atoms with E-state index in [0.29, 0.717) is 10.0 Å². The van der Waals surface area contributed by atoms with Crippen molar-refractivity contribution in [3.63, 3.8) is 0 Å². The molecule has 0 aliphatic heterocycles. The van der Waals surface area contributed by atoms with Crippen molar-refractivity contribution in [1.29, 1.82) is 0 Å². The number of hydrogen-bond donors (Lipinski definition) is 1. The molecule has 0 heterocycles. The van der Waals surface area contributed by atoms with Crippen LogP contribution in [0.25, 0.3) is 0 Å². The molecule has 0 aromatic heterocycles. The predicted octanol–water partition coefficient (Wildman–Crippen LogP) is 5.33. The van der Waals surface area contributed by atoms with Gasteiger partial charge in [-0.15, -0.1) is 0 Å². The number of halogens is 4. The fraction of sp³-hybridized carbons (Fsp3) is 0.176. The number of benzene rings is 2. The van der Waals surface area contributed by atoms with Gasteiger partial charge in [0.25, 0.3) is 5.91 Å². The molecule has 0 fully saturated rings. The number of carbonyl (C=O) groups is 2. The summed E-state index contributed by atoms with van der Waals surface area (Å²) in [5.41, 5.74) is 0.791. The number of carbonyl (C=O) groups excluding carboxylic acids is 2. The highest BCUT2D eigenvalue weighted by atomic mass is 35.5. The summed E-state index contributed by atoms with van der Waals surface area (Å²) in [6, 6.07) is 9.32. The molecule has 2 aromatic rings. The average Bonchev–Trinajstić information content (AvgIpc) is 2.55. The van der Waals surface area contributed by atoms with E-state index < -0.39 is 18.5 Å². The molecular weight excluding hydrogens is 408 g/mol. The van der Waals surface area contributed by atoms with E-state index >= 15 is 0 Å². The number of ether oxygens (including phenoxy) is 1. The number of nitrogens with one attached hydrogen (secondary N) is 1. The molecule has 0 saturated carbocycles. The van der Waals surface area contributed by atoms with Crippen molar-refractivity contribution >= 4 is 58.3 Å². The molecule has 1 atom stereocenters. The first kappa shape index (κ1) is 19.9. The molecule has 0 aliphatic carbocycles. The van der Waals surface area contributed by atoms with Crippen LogP contribution in [0, 0.1) is 0 Å². The molecule has 132 valence electrons. The van der Waals surface area contributed by atoms with Crippen molar-refractivity contribution in [3.05, 3.63) is 67.6 Å². The Balaban J connectivity index is 1.94. The van der Waals surface area contributed by atoms with E-state index in [0.717, 1.165) is 5.56 Å². The van der Waals surface area contributed by atoms with Crippen LogP contribution < -0.4 is 5.32 Å². The zero-order chi connectivity index (χ0) is 18.6. The van der Waals surface area contributed by atoms with E-state index in [1.165, 1.54) is 12.1 Å². The van der Waals surface area contributed by atoms with Crippen molar-refractivity contribution < 1.29 is 14.3 Å². The Labute approximate surface area is 165 Å². The summed E-state index contributed by atoms with van der Waals surface area (Å²) in [6.45, 7) is 1.30. The summed E-state index contributed by atoms with van der Waals surface area (Å²) >= 11 is 23.7. The van der Waals surface area contributed by atoms with Gasteiger partial charge in [0.1, 0.15) is 0 Å². The van der Waals surface area contributed by atoms with Gasteiger partial charge in [0, 0.05) is 0 Å². The second-order valence-electron chi connectivity index (χ2n) is 5.14. The van der Waals surface area contributed by atoms with Gasteiger partial charge in [-0.05, 0) is 36.8 Å². The van der Waals surface area contributed by atoms with E-state index in [2.05, 4.69) is 5.32 Å². The highest BCUT2D eigenvalue weighted by Crippen LogP contribution is 2.26. The summed E-state index contributed by atoms with van der Waals surface area (Å²) in [5, 5.41) is 3.82. The van der Waals surface area contributed by atoms with Crippen molar-refractivity contribution in [3.8, 4) is 0 Å². The fourth-order valence-corrected chi connectivity index (χ4v) is 2.90. The number of amides is 1. The van der Waals surface area contributed by atoms with Crippen LogP contribution in [0.2, 0.25) is 20.1 Å². The Morgan fingerprint density at radius 1 is 1.00 bits per heavy atom. The topological polar surface area (TPSA) is 55.4 Å². The van der Waals surface area contributed by atoms with Crippen molar-refractivity contribution in [1.82, 2.24) is 5.32 Å². The number of esters is 1. The van der Waals surface area contributed by atoms with Gasteiger partial charge in [0.05, 0.1) is 31.7 Å². The van der Waals surface area contributed by atoms with Crippen molar-refractivity contribution in [2.45, 2.75) is 13.0 Å². The summed E-state index contributed by atoms with van der Waals surface area (Å²) in [7, 11) is 0. The lowest BCUT2D eigenvalue weighted by Gasteiger charge is -2.15. The SMILES string of the molecule is CC(NC(=O)COC(=O)c1c(Cl)cccc1Cl)c1ccc(Cl)c(Cl)c1. The van der Waals surface area contributed by atoms with Crippen LogP contribution in [0.5, 0.6) is 0 Å². The fourth-order valence-electron chi connectivity index (χ4n) is 2.04. The van der Waals surface area contributed by atoms with Gasteiger partial charge in [-0.1, -0.05) is 58.5 Å². The Kier molecular flexibility index (Phi) is 6.96. The van der Waals surface area contributed by atoms with Gasteiger partial charge in [0.2, 0.25) is 0 Å². The van der Waals surface area contributed by atoms with E-state index in [4.69, 9.17) is 51.1 Å². The van der Waals surface area contributed by atoms with Gasteiger partial charge in [-0.25, -0.2) is 4.79 Å². The quantitative estimate of drug-likeness (QED) is 0.664. The number of rotatable bonds is 5. The first-order chi connectivity index (χ1) is 11.8. The van der Waals surface area contributed by atoms with E-state index in [1.807, 2.05) is 0 Å². The smallest absolute Gasteiger partial charge is 0.341 e. The average molecular weight is 421 g/mol. The Morgan fingerprint density at radius 3 is 2.24 bits per heavy atom. The third-order valence-electron chi connectivity index (χ3n) is 3.32. The molecule has 1 amide bonds. The van der Waals surface area contributed by atoms with Crippen LogP contribution in [-0.2, 0) is 9.53 Å². The maximum Gasteiger partial charge on any atom is 0.341 e. The monoisotopic (exact) mass is 419 g/mol. The zero-order valence-corrected chi connectivity index (χ0v) is 16.0. The summed E-state index contributed by atoms with van der Waals surface area (Å²) in [4.78, 5) is 24.0. The standard InChI is InChI=1S/C17H13Cl4NO3/c1-9(10-5-6-11(18)14(21)7-10)22-15(23)8-25-17(24)16-12(19)3-2-4-13(16)20/h2-7,9H,8H2,1H3,(H,22,23). The van der Waals surface area contributed by atoms with Gasteiger partial charge in [-0.2, -0.15) is 0 Å². The lowest BCUT2D eigenvalue weighted by Crippen LogP contribution is -2.31. The van der Waals surface area contributed by atoms with Gasteiger partial charge in [-0.3, -0.25) is 4.79 Å². The van der Waals surface area contributed by atoms with E-state index in [-0.39, 0.29) is 21.7 Å². The Hall–Kier alpha value is -1.46. The minimum absolute atomic E-state index is 0.0242.